The summed E-state index contributed by atoms with van der Waals surface area (Å²) in [4.78, 5) is 11.2. The van der Waals surface area contributed by atoms with Gasteiger partial charge >= 0.3 is 0 Å². The number of benzene rings is 1. The summed E-state index contributed by atoms with van der Waals surface area (Å²) in [6, 6.07) is 7.70. The van der Waals surface area contributed by atoms with Crippen LogP contribution in [0.5, 0.6) is 0 Å². The molecule has 2 rings (SSSR count). The molecule has 0 saturated heterocycles. The highest BCUT2D eigenvalue weighted by Gasteiger charge is 2.12. The maximum Gasteiger partial charge on any atom is 0.155 e. The summed E-state index contributed by atoms with van der Waals surface area (Å²) in [6.07, 6.45) is 4.31. The van der Waals surface area contributed by atoms with Crippen molar-refractivity contribution in [3.8, 4) is 0 Å². The summed E-state index contributed by atoms with van der Waals surface area (Å²) in [5.41, 5.74) is 8.70. The van der Waals surface area contributed by atoms with Gasteiger partial charge in [0.05, 0.1) is 0 Å². The van der Waals surface area contributed by atoms with E-state index in [2.05, 4.69) is 0 Å². The van der Waals surface area contributed by atoms with Gasteiger partial charge in [0.15, 0.2) is 5.78 Å². The average molecular weight is 187 g/mol. The van der Waals surface area contributed by atoms with Crippen molar-refractivity contribution in [2.75, 3.05) is 5.73 Å². The van der Waals surface area contributed by atoms with E-state index in [4.69, 9.17) is 5.73 Å². The molecule has 1 aliphatic carbocycles. The molecular formula is C12H13NO. The van der Waals surface area contributed by atoms with Crippen molar-refractivity contribution in [1.82, 2.24) is 0 Å². The largest absolute Gasteiger partial charge is 0.398 e. The van der Waals surface area contributed by atoms with Gasteiger partial charge in [-0.1, -0.05) is 18.2 Å². The van der Waals surface area contributed by atoms with Crippen molar-refractivity contribution in [1.29, 1.82) is 0 Å². The third-order valence-electron chi connectivity index (χ3n) is 2.51. The molecule has 0 unspecified atom stereocenters. The van der Waals surface area contributed by atoms with E-state index in [1.807, 2.05) is 24.3 Å². The van der Waals surface area contributed by atoms with E-state index >= 15 is 0 Å². The highest BCUT2D eigenvalue weighted by molar-refractivity contribution is 5.99. The first-order valence-electron chi connectivity index (χ1n) is 4.85. The van der Waals surface area contributed by atoms with Crippen LogP contribution >= 0.6 is 0 Å². The van der Waals surface area contributed by atoms with Crippen LogP contribution in [0.3, 0.4) is 0 Å². The maximum atomic E-state index is 11.2. The van der Waals surface area contributed by atoms with Gasteiger partial charge in [0.1, 0.15) is 0 Å². The van der Waals surface area contributed by atoms with Gasteiger partial charge in [-0.2, -0.15) is 0 Å². The Hall–Kier alpha value is -1.57. The molecule has 1 aliphatic rings. The van der Waals surface area contributed by atoms with Crippen LogP contribution in [-0.2, 0) is 4.79 Å². The summed E-state index contributed by atoms with van der Waals surface area (Å²) < 4.78 is 0. The van der Waals surface area contributed by atoms with Crippen LogP contribution in [-0.4, -0.2) is 5.78 Å². The lowest BCUT2D eigenvalue weighted by Gasteiger charge is -2.13. The summed E-state index contributed by atoms with van der Waals surface area (Å²) in [5.74, 6) is 0.217. The smallest absolute Gasteiger partial charge is 0.155 e. The SMILES string of the molecule is Nc1ccccc1C1=CC(=O)CCC1. The average Bonchev–Trinajstić information content (AvgIpc) is 2.18. The molecule has 0 fully saturated rings. The lowest BCUT2D eigenvalue weighted by Crippen LogP contribution is -2.03. The number of rotatable bonds is 1. The van der Waals surface area contributed by atoms with E-state index in [1.165, 1.54) is 0 Å². The zero-order valence-corrected chi connectivity index (χ0v) is 7.99. The Morgan fingerprint density at radius 3 is 2.64 bits per heavy atom. The van der Waals surface area contributed by atoms with E-state index in [0.717, 1.165) is 29.7 Å². The van der Waals surface area contributed by atoms with Crippen LogP contribution in [0.15, 0.2) is 30.3 Å². The number of anilines is 1. The fourth-order valence-electron chi connectivity index (χ4n) is 1.79. The van der Waals surface area contributed by atoms with Crippen LogP contribution in [0.4, 0.5) is 5.69 Å². The summed E-state index contributed by atoms with van der Waals surface area (Å²) in [7, 11) is 0. The van der Waals surface area contributed by atoms with E-state index in [-0.39, 0.29) is 5.78 Å². The van der Waals surface area contributed by atoms with Crippen molar-refractivity contribution < 1.29 is 4.79 Å². The molecule has 2 nitrogen and oxygen atoms in total. The van der Waals surface area contributed by atoms with Gasteiger partial charge in [0.25, 0.3) is 0 Å². The van der Waals surface area contributed by atoms with Gasteiger partial charge in [0.2, 0.25) is 0 Å². The number of hydrogen-bond acceptors (Lipinski definition) is 2. The van der Waals surface area contributed by atoms with Crippen LogP contribution in [0, 0.1) is 0 Å². The van der Waals surface area contributed by atoms with E-state index in [0.29, 0.717) is 6.42 Å². The van der Waals surface area contributed by atoms with Crippen LogP contribution in [0.25, 0.3) is 5.57 Å². The standard InChI is InChI=1S/C12H13NO/c13-12-7-2-1-6-11(12)9-4-3-5-10(14)8-9/h1-2,6-8H,3-5,13H2. The fraction of sp³-hybridized carbons (Fsp3) is 0.250. The molecule has 0 bridgehead atoms. The second-order valence-electron chi connectivity index (χ2n) is 3.58. The Morgan fingerprint density at radius 2 is 1.93 bits per heavy atom. The Morgan fingerprint density at radius 1 is 1.14 bits per heavy atom. The van der Waals surface area contributed by atoms with Crippen LogP contribution in [0.2, 0.25) is 0 Å². The van der Waals surface area contributed by atoms with Crippen molar-refractivity contribution in [2.45, 2.75) is 19.3 Å². The quantitative estimate of drug-likeness (QED) is 0.686. The van der Waals surface area contributed by atoms with Gasteiger partial charge < -0.3 is 5.73 Å². The first-order valence-corrected chi connectivity index (χ1v) is 4.85. The Kier molecular flexibility index (Phi) is 2.35. The zero-order valence-electron chi connectivity index (χ0n) is 7.99. The summed E-state index contributed by atoms with van der Waals surface area (Å²) in [5, 5.41) is 0. The first kappa shape index (κ1) is 9.00. The Labute approximate surface area is 83.4 Å². The third-order valence-corrected chi connectivity index (χ3v) is 2.51. The minimum atomic E-state index is 0.217. The first-order chi connectivity index (χ1) is 6.77. The second kappa shape index (κ2) is 3.66. The molecule has 0 radical (unpaired) electrons. The van der Waals surface area contributed by atoms with Gasteiger partial charge in [-0.25, -0.2) is 0 Å². The molecule has 1 aromatic carbocycles. The normalized spacial score (nSPS) is 16.6. The van der Waals surface area contributed by atoms with Gasteiger partial charge in [-0.3, -0.25) is 4.79 Å². The molecule has 2 heteroatoms. The predicted molar refractivity (Wildman–Crippen MR) is 57.7 cm³/mol. The predicted octanol–water partition coefficient (Wildman–Crippen LogP) is 2.41. The third kappa shape index (κ3) is 1.69. The van der Waals surface area contributed by atoms with Gasteiger partial charge in [-0.15, -0.1) is 0 Å². The highest BCUT2D eigenvalue weighted by atomic mass is 16.1. The number of para-hydroxylation sites is 1. The topological polar surface area (TPSA) is 43.1 Å². The lowest BCUT2D eigenvalue weighted by atomic mass is 9.92. The second-order valence-corrected chi connectivity index (χ2v) is 3.58. The Balaban J connectivity index is 2.40. The summed E-state index contributed by atoms with van der Waals surface area (Å²) in [6.45, 7) is 0. The van der Waals surface area contributed by atoms with Crippen molar-refractivity contribution in [3.63, 3.8) is 0 Å². The molecule has 0 saturated carbocycles. The number of allylic oxidation sites excluding steroid dienone is 2. The molecule has 0 heterocycles. The summed E-state index contributed by atoms with van der Waals surface area (Å²) >= 11 is 0. The molecule has 0 atom stereocenters. The lowest BCUT2D eigenvalue weighted by molar-refractivity contribution is -0.114. The van der Waals surface area contributed by atoms with E-state index in [9.17, 15) is 4.79 Å². The molecule has 0 aromatic heterocycles. The number of carbonyl (C=O) groups is 1. The minimum absolute atomic E-state index is 0.217. The molecule has 1 aromatic rings. The number of nitrogen functional groups attached to an aromatic ring is 1. The number of hydrogen-bond donors (Lipinski definition) is 1. The molecule has 72 valence electrons. The molecule has 14 heavy (non-hydrogen) atoms. The maximum absolute atomic E-state index is 11.2. The van der Waals surface area contributed by atoms with Crippen LogP contribution < -0.4 is 5.73 Å². The van der Waals surface area contributed by atoms with Crippen LogP contribution in [0.1, 0.15) is 24.8 Å². The minimum Gasteiger partial charge on any atom is -0.398 e. The van der Waals surface area contributed by atoms with Gasteiger partial charge in [-0.05, 0) is 30.6 Å². The number of ketones is 1. The Bertz CT molecular complexity index is 393. The van der Waals surface area contributed by atoms with Crippen molar-refractivity contribution >= 4 is 17.0 Å². The highest BCUT2D eigenvalue weighted by Crippen LogP contribution is 2.28. The molecular weight excluding hydrogens is 174 g/mol. The van der Waals surface area contributed by atoms with E-state index in [1.54, 1.807) is 6.08 Å². The van der Waals surface area contributed by atoms with E-state index < -0.39 is 0 Å². The molecule has 0 aliphatic heterocycles. The zero-order chi connectivity index (χ0) is 9.97. The molecule has 0 spiro atoms. The van der Waals surface area contributed by atoms with Crippen molar-refractivity contribution in [3.05, 3.63) is 35.9 Å². The monoisotopic (exact) mass is 187 g/mol. The fourth-order valence-corrected chi connectivity index (χ4v) is 1.79. The number of nitrogens with two attached hydrogens (primary N) is 1. The van der Waals surface area contributed by atoms with Gasteiger partial charge in [0, 0.05) is 17.7 Å². The van der Waals surface area contributed by atoms with Crippen molar-refractivity contribution in [2.24, 2.45) is 0 Å². The number of carbonyl (C=O) groups excluding carboxylic acids is 1. The molecule has 2 N–H and O–H groups in total. The molecule has 0 amide bonds.